The molecule has 0 saturated carbocycles. The average Bonchev–Trinajstić information content (AvgIpc) is 2.11. The molecule has 1 aromatic heterocycles. The van der Waals surface area contributed by atoms with Gasteiger partial charge in [0, 0.05) is 0 Å². The Morgan fingerprint density at radius 3 is 2.54 bits per heavy atom. The van der Waals surface area contributed by atoms with Crippen LogP contribution in [0.3, 0.4) is 0 Å². The number of rotatable bonds is 2. The molecule has 0 aliphatic heterocycles. The van der Waals surface area contributed by atoms with Crippen molar-refractivity contribution in [2.75, 3.05) is 6.61 Å². The summed E-state index contributed by atoms with van der Waals surface area (Å²) in [5.74, 6) is 0.111. The normalized spacial score (nSPS) is 9.38. The van der Waals surface area contributed by atoms with Crippen molar-refractivity contribution in [3.05, 3.63) is 16.0 Å². The molecule has 0 aliphatic rings. The van der Waals surface area contributed by atoms with Crippen LogP contribution < -0.4 is 4.74 Å². The Labute approximate surface area is 85.1 Å². The number of nitrogens with zero attached hydrogens (tertiary/aromatic N) is 3. The van der Waals surface area contributed by atoms with Crippen LogP contribution in [0.25, 0.3) is 0 Å². The molecule has 0 atom stereocenters. The van der Waals surface area contributed by atoms with Gasteiger partial charge in [0.05, 0.1) is 6.61 Å². The van der Waals surface area contributed by atoms with Crippen molar-refractivity contribution < 1.29 is 4.74 Å². The highest BCUT2D eigenvalue weighted by Crippen LogP contribution is 2.22. The number of halogens is 2. The van der Waals surface area contributed by atoms with Crippen LogP contribution in [-0.4, -0.2) is 16.6 Å². The van der Waals surface area contributed by atoms with Crippen LogP contribution >= 0.6 is 23.2 Å². The first-order valence-corrected chi connectivity index (χ1v) is 4.20. The summed E-state index contributed by atoms with van der Waals surface area (Å²) in [4.78, 5) is 7.45. The van der Waals surface area contributed by atoms with E-state index in [2.05, 4.69) is 9.97 Å². The molecule has 0 saturated heterocycles. The van der Waals surface area contributed by atoms with Crippen LogP contribution in [-0.2, 0) is 0 Å². The molecule has 0 unspecified atom stereocenters. The molecule has 0 spiro atoms. The lowest BCUT2D eigenvalue weighted by Crippen LogP contribution is -2.00. The van der Waals surface area contributed by atoms with E-state index in [4.69, 9.17) is 33.2 Å². The van der Waals surface area contributed by atoms with Crippen LogP contribution in [0.4, 0.5) is 0 Å². The van der Waals surface area contributed by atoms with Crippen LogP contribution in [0.2, 0.25) is 10.3 Å². The number of hydrogen-bond donors (Lipinski definition) is 0. The van der Waals surface area contributed by atoms with E-state index >= 15 is 0 Å². The summed E-state index contributed by atoms with van der Waals surface area (Å²) in [6.07, 6.45) is 0. The lowest BCUT2D eigenvalue weighted by atomic mass is 10.5. The molecule has 4 nitrogen and oxygen atoms in total. The highest BCUT2D eigenvalue weighted by Gasteiger charge is 2.11. The van der Waals surface area contributed by atoms with Gasteiger partial charge < -0.3 is 4.74 Å². The first kappa shape index (κ1) is 10.0. The smallest absolute Gasteiger partial charge is 0.252 e. The first-order chi connectivity index (χ1) is 6.19. The van der Waals surface area contributed by atoms with E-state index in [-0.39, 0.29) is 21.9 Å². The monoisotopic (exact) mass is 217 g/mol. The van der Waals surface area contributed by atoms with Gasteiger partial charge in [-0.25, -0.2) is 4.98 Å². The largest absolute Gasteiger partial charge is 0.476 e. The molecular weight excluding hydrogens is 213 g/mol. The van der Waals surface area contributed by atoms with Gasteiger partial charge in [-0.1, -0.05) is 23.2 Å². The third-order valence-corrected chi connectivity index (χ3v) is 1.79. The lowest BCUT2D eigenvalue weighted by Gasteiger charge is -2.03. The fraction of sp³-hybridized carbons (Fsp3) is 0.286. The van der Waals surface area contributed by atoms with Gasteiger partial charge >= 0.3 is 0 Å². The molecule has 1 heterocycles. The molecule has 0 aromatic carbocycles. The van der Waals surface area contributed by atoms with Gasteiger partial charge in [-0.15, -0.1) is 0 Å². The Kier molecular flexibility index (Phi) is 3.29. The first-order valence-electron chi connectivity index (χ1n) is 3.45. The predicted octanol–water partition coefficient (Wildman–Crippen LogP) is 2.05. The van der Waals surface area contributed by atoms with Crippen LogP contribution in [0.1, 0.15) is 12.6 Å². The standard InChI is InChI=1S/C7H5Cl2N3O/c1-2-13-7-4(3-10)11-5(8)6(9)12-7/h2H2,1H3. The minimum atomic E-state index is 0.00155. The lowest BCUT2D eigenvalue weighted by molar-refractivity contribution is 0.324. The Bertz CT molecular complexity index is 361. The second kappa shape index (κ2) is 4.26. The van der Waals surface area contributed by atoms with Crippen LogP contribution in [0.15, 0.2) is 0 Å². The average molecular weight is 218 g/mol. The van der Waals surface area contributed by atoms with Crippen molar-refractivity contribution in [1.29, 1.82) is 5.26 Å². The van der Waals surface area contributed by atoms with Gasteiger partial charge in [-0.2, -0.15) is 10.2 Å². The molecule has 1 aromatic rings. The summed E-state index contributed by atoms with van der Waals surface area (Å²) in [7, 11) is 0. The second-order valence-electron chi connectivity index (χ2n) is 2.00. The maximum Gasteiger partial charge on any atom is 0.252 e. The molecular formula is C7H5Cl2N3O. The Morgan fingerprint density at radius 1 is 1.38 bits per heavy atom. The molecule has 13 heavy (non-hydrogen) atoms. The maximum absolute atomic E-state index is 8.63. The zero-order chi connectivity index (χ0) is 9.84. The van der Waals surface area contributed by atoms with Gasteiger partial charge in [0.25, 0.3) is 5.88 Å². The van der Waals surface area contributed by atoms with Crippen molar-refractivity contribution >= 4 is 23.2 Å². The predicted molar refractivity (Wildman–Crippen MR) is 47.9 cm³/mol. The van der Waals surface area contributed by atoms with Crippen molar-refractivity contribution in [2.45, 2.75) is 6.92 Å². The number of hydrogen-bond acceptors (Lipinski definition) is 4. The third kappa shape index (κ3) is 2.20. The van der Waals surface area contributed by atoms with E-state index in [0.717, 1.165) is 0 Å². The van der Waals surface area contributed by atoms with Crippen molar-refractivity contribution in [3.8, 4) is 11.9 Å². The minimum Gasteiger partial charge on any atom is -0.476 e. The van der Waals surface area contributed by atoms with E-state index in [1.807, 2.05) is 0 Å². The summed E-state index contributed by atoms with van der Waals surface area (Å²) in [5.41, 5.74) is 0.0382. The molecule has 0 radical (unpaired) electrons. The van der Waals surface area contributed by atoms with Gasteiger partial charge in [-0.3, -0.25) is 0 Å². The topological polar surface area (TPSA) is 58.8 Å². The summed E-state index contributed by atoms with van der Waals surface area (Å²) in [6, 6.07) is 1.81. The Hall–Kier alpha value is -1.05. The highest BCUT2D eigenvalue weighted by molar-refractivity contribution is 6.40. The van der Waals surface area contributed by atoms with E-state index in [0.29, 0.717) is 6.61 Å². The number of nitriles is 1. The number of ether oxygens (including phenoxy) is 1. The Balaban J connectivity index is 3.18. The fourth-order valence-electron chi connectivity index (χ4n) is 0.691. The summed E-state index contributed by atoms with van der Waals surface area (Å²) in [5, 5.41) is 8.66. The van der Waals surface area contributed by atoms with E-state index < -0.39 is 0 Å². The molecule has 0 aliphatic carbocycles. The summed E-state index contributed by atoms with van der Waals surface area (Å²) >= 11 is 11.1. The van der Waals surface area contributed by atoms with Gasteiger partial charge in [0.15, 0.2) is 10.3 Å². The molecule has 0 fully saturated rings. The zero-order valence-electron chi connectivity index (χ0n) is 6.71. The van der Waals surface area contributed by atoms with Gasteiger partial charge in [0.1, 0.15) is 6.07 Å². The SMILES string of the molecule is CCOc1nc(Cl)c(Cl)nc1C#N. The highest BCUT2D eigenvalue weighted by atomic mass is 35.5. The molecule has 0 amide bonds. The summed E-state index contributed by atoms with van der Waals surface area (Å²) in [6.45, 7) is 2.16. The molecule has 1 rings (SSSR count). The van der Waals surface area contributed by atoms with Crippen LogP contribution in [0, 0.1) is 11.3 Å². The van der Waals surface area contributed by atoms with Crippen molar-refractivity contribution in [1.82, 2.24) is 9.97 Å². The second-order valence-corrected chi connectivity index (χ2v) is 2.72. The fourth-order valence-corrected chi connectivity index (χ4v) is 0.936. The number of aromatic nitrogens is 2. The van der Waals surface area contributed by atoms with Gasteiger partial charge in [-0.05, 0) is 6.92 Å². The summed E-state index contributed by atoms with van der Waals surface area (Å²) < 4.78 is 5.02. The van der Waals surface area contributed by atoms with Gasteiger partial charge in [0.2, 0.25) is 5.69 Å². The maximum atomic E-state index is 8.63. The quantitative estimate of drug-likeness (QED) is 0.762. The van der Waals surface area contributed by atoms with Crippen LogP contribution in [0.5, 0.6) is 5.88 Å². The van der Waals surface area contributed by atoms with E-state index in [9.17, 15) is 0 Å². The van der Waals surface area contributed by atoms with E-state index in [1.54, 1.807) is 13.0 Å². The molecule has 0 bridgehead atoms. The molecule has 6 heteroatoms. The van der Waals surface area contributed by atoms with Crippen molar-refractivity contribution in [3.63, 3.8) is 0 Å². The Morgan fingerprint density at radius 2 is 2.00 bits per heavy atom. The molecule has 0 N–H and O–H groups in total. The zero-order valence-corrected chi connectivity index (χ0v) is 8.22. The minimum absolute atomic E-state index is 0.00155. The molecule has 68 valence electrons. The van der Waals surface area contributed by atoms with Crippen molar-refractivity contribution in [2.24, 2.45) is 0 Å². The third-order valence-electron chi connectivity index (χ3n) is 1.17. The van der Waals surface area contributed by atoms with E-state index in [1.165, 1.54) is 0 Å².